The van der Waals surface area contributed by atoms with Gasteiger partial charge in [0.25, 0.3) is 0 Å². The number of halogens is 1. The number of nitrogens with one attached hydrogen (secondary N) is 2. The number of benzene rings is 2. The third-order valence-electron chi connectivity index (χ3n) is 4.40. The zero-order valence-electron chi connectivity index (χ0n) is 13.9. The molecule has 3 nitrogen and oxygen atoms in total. The van der Waals surface area contributed by atoms with Gasteiger partial charge in [0, 0.05) is 10.7 Å². The van der Waals surface area contributed by atoms with Crippen molar-refractivity contribution in [2.45, 2.75) is 32.2 Å². The van der Waals surface area contributed by atoms with Gasteiger partial charge in [-0.2, -0.15) is 0 Å². The summed E-state index contributed by atoms with van der Waals surface area (Å²) >= 11 is 11.6. The van der Waals surface area contributed by atoms with Gasteiger partial charge in [-0.3, -0.25) is 0 Å². The summed E-state index contributed by atoms with van der Waals surface area (Å²) < 4.78 is 5.33. The topological polar surface area (TPSA) is 33.3 Å². The molecule has 0 saturated heterocycles. The van der Waals surface area contributed by atoms with Crippen LogP contribution in [0.3, 0.4) is 0 Å². The average molecular weight is 361 g/mol. The fourth-order valence-corrected chi connectivity index (χ4v) is 3.50. The average Bonchev–Trinajstić information content (AvgIpc) is 2.58. The molecule has 0 radical (unpaired) electrons. The molecule has 0 amide bonds. The second-order valence-electron chi connectivity index (χ2n) is 6.07. The lowest BCUT2D eigenvalue weighted by molar-refractivity contribution is 0.412. The first-order valence-electron chi connectivity index (χ1n) is 8.07. The van der Waals surface area contributed by atoms with Crippen LogP contribution in [0.15, 0.2) is 36.4 Å². The van der Waals surface area contributed by atoms with Gasteiger partial charge in [-0.25, -0.2) is 0 Å². The number of rotatable bonds is 3. The van der Waals surface area contributed by atoms with E-state index in [1.807, 2.05) is 31.2 Å². The van der Waals surface area contributed by atoms with Gasteiger partial charge in [0.2, 0.25) is 0 Å². The fourth-order valence-electron chi connectivity index (χ4n) is 3.06. The van der Waals surface area contributed by atoms with E-state index < -0.39 is 0 Å². The molecule has 5 heteroatoms. The first-order valence-corrected chi connectivity index (χ1v) is 8.86. The standard InChI is InChI=1S/C19H21ClN2OS/c1-12-6-7-14(11-17(12)20)21-19(24)22-18-5-3-4-13-10-15(23-2)8-9-16(13)18/h6-11,18H,3-5H2,1-2H3,(H2,21,22,24)/t18-/m1/s1. The quantitative estimate of drug-likeness (QED) is 0.753. The van der Waals surface area contributed by atoms with E-state index in [4.69, 9.17) is 28.6 Å². The Morgan fingerprint density at radius 1 is 1.25 bits per heavy atom. The minimum atomic E-state index is 0.223. The van der Waals surface area contributed by atoms with Crippen LogP contribution in [0.25, 0.3) is 0 Å². The first kappa shape index (κ1) is 17.1. The Kier molecular flexibility index (Phi) is 5.27. The molecule has 0 fully saturated rings. The lowest BCUT2D eigenvalue weighted by Gasteiger charge is -2.28. The minimum absolute atomic E-state index is 0.223. The summed E-state index contributed by atoms with van der Waals surface area (Å²) in [5.74, 6) is 0.907. The van der Waals surface area contributed by atoms with E-state index >= 15 is 0 Å². The van der Waals surface area contributed by atoms with Crippen LogP contribution in [-0.2, 0) is 6.42 Å². The van der Waals surface area contributed by atoms with Gasteiger partial charge in [0.1, 0.15) is 5.75 Å². The van der Waals surface area contributed by atoms with Crippen LogP contribution in [0, 0.1) is 6.92 Å². The van der Waals surface area contributed by atoms with Gasteiger partial charge < -0.3 is 15.4 Å². The third-order valence-corrected chi connectivity index (χ3v) is 5.03. The maximum Gasteiger partial charge on any atom is 0.171 e. The molecular weight excluding hydrogens is 340 g/mol. The zero-order valence-corrected chi connectivity index (χ0v) is 15.4. The maximum absolute atomic E-state index is 6.17. The first-order chi connectivity index (χ1) is 11.6. The van der Waals surface area contributed by atoms with Crippen molar-refractivity contribution in [1.29, 1.82) is 0 Å². The molecule has 24 heavy (non-hydrogen) atoms. The predicted molar refractivity (Wildman–Crippen MR) is 104 cm³/mol. The lowest BCUT2D eigenvalue weighted by Crippen LogP contribution is -2.34. The number of hydrogen-bond acceptors (Lipinski definition) is 2. The fraction of sp³-hybridized carbons (Fsp3) is 0.316. The van der Waals surface area contributed by atoms with Crippen molar-refractivity contribution in [1.82, 2.24) is 5.32 Å². The van der Waals surface area contributed by atoms with E-state index in [0.717, 1.165) is 41.3 Å². The maximum atomic E-state index is 6.17. The summed E-state index contributed by atoms with van der Waals surface area (Å²) in [5, 5.41) is 8.00. The summed E-state index contributed by atoms with van der Waals surface area (Å²) in [6, 6.07) is 12.3. The molecule has 2 N–H and O–H groups in total. The van der Waals surface area contributed by atoms with Gasteiger partial charge >= 0.3 is 0 Å². The normalized spacial score (nSPS) is 16.2. The third kappa shape index (κ3) is 3.82. The molecule has 2 aromatic carbocycles. The van der Waals surface area contributed by atoms with Gasteiger partial charge in [-0.1, -0.05) is 23.7 Å². The summed E-state index contributed by atoms with van der Waals surface area (Å²) in [5.41, 5.74) is 4.58. The van der Waals surface area contributed by atoms with Gasteiger partial charge in [-0.15, -0.1) is 0 Å². The van der Waals surface area contributed by atoms with Crippen LogP contribution in [-0.4, -0.2) is 12.2 Å². The molecule has 3 rings (SSSR count). The second-order valence-corrected chi connectivity index (χ2v) is 6.89. The lowest BCUT2D eigenvalue weighted by atomic mass is 9.87. The van der Waals surface area contributed by atoms with Crippen LogP contribution >= 0.6 is 23.8 Å². The van der Waals surface area contributed by atoms with E-state index in [2.05, 4.69) is 22.8 Å². The van der Waals surface area contributed by atoms with E-state index in [0.29, 0.717) is 5.11 Å². The molecule has 0 unspecified atom stereocenters. The Bertz CT molecular complexity index is 763. The molecule has 1 aliphatic rings. The Balaban J connectivity index is 1.70. The smallest absolute Gasteiger partial charge is 0.171 e. The van der Waals surface area contributed by atoms with Crippen LogP contribution < -0.4 is 15.4 Å². The summed E-state index contributed by atoms with van der Waals surface area (Å²) in [7, 11) is 1.70. The highest BCUT2D eigenvalue weighted by Crippen LogP contribution is 2.32. The number of aryl methyl sites for hydroxylation is 2. The number of hydrogen-bond donors (Lipinski definition) is 2. The van der Waals surface area contributed by atoms with Gasteiger partial charge in [0.05, 0.1) is 13.2 Å². The van der Waals surface area contributed by atoms with E-state index in [1.54, 1.807) is 7.11 Å². The van der Waals surface area contributed by atoms with E-state index in [1.165, 1.54) is 11.1 Å². The molecule has 1 atom stereocenters. The van der Waals surface area contributed by atoms with Crippen LogP contribution in [0.2, 0.25) is 5.02 Å². The molecule has 126 valence electrons. The van der Waals surface area contributed by atoms with Crippen LogP contribution in [0.4, 0.5) is 5.69 Å². The monoisotopic (exact) mass is 360 g/mol. The van der Waals surface area contributed by atoms with Crippen molar-refractivity contribution in [3.8, 4) is 5.75 Å². The molecule has 0 aromatic heterocycles. The summed E-state index contributed by atoms with van der Waals surface area (Å²) in [6.07, 6.45) is 3.28. The zero-order chi connectivity index (χ0) is 17.1. The molecule has 0 heterocycles. The van der Waals surface area contributed by atoms with Crippen molar-refractivity contribution in [3.05, 3.63) is 58.1 Å². The Morgan fingerprint density at radius 2 is 2.08 bits per heavy atom. The van der Waals surface area contributed by atoms with Gasteiger partial charge in [-0.05, 0) is 79.4 Å². The van der Waals surface area contributed by atoms with Crippen molar-refractivity contribution < 1.29 is 4.74 Å². The molecule has 2 aromatic rings. The highest BCUT2D eigenvalue weighted by Gasteiger charge is 2.21. The number of methoxy groups -OCH3 is 1. The molecule has 0 bridgehead atoms. The number of ether oxygens (including phenoxy) is 1. The number of anilines is 1. The summed E-state index contributed by atoms with van der Waals surface area (Å²) in [6.45, 7) is 1.98. The second kappa shape index (κ2) is 7.41. The van der Waals surface area contributed by atoms with E-state index in [-0.39, 0.29) is 6.04 Å². The molecule has 0 aliphatic heterocycles. The highest BCUT2D eigenvalue weighted by molar-refractivity contribution is 7.80. The molecule has 0 saturated carbocycles. The van der Waals surface area contributed by atoms with E-state index in [9.17, 15) is 0 Å². The molecular formula is C19H21ClN2OS. The molecule has 0 spiro atoms. The number of thiocarbonyl (C=S) groups is 1. The Hall–Kier alpha value is -1.78. The number of fused-ring (bicyclic) bond motifs is 1. The summed E-state index contributed by atoms with van der Waals surface area (Å²) in [4.78, 5) is 0. The van der Waals surface area contributed by atoms with Crippen molar-refractivity contribution >= 4 is 34.6 Å². The van der Waals surface area contributed by atoms with Crippen LogP contribution in [0.5, 0.6) is 5.75 Å². The molecule has 1 aliphatic carbocycles. The van der Waals surface area contributed by atoms with Gasteiger partial charge in [0.15, 0.2) is 5.11 Å². The Labute approximate surface area is 153 Å². The SMILES string of the molecule is COc1ccc2c(c1)CCC[C@H]2NC(=S)Nc1ccc(C)c(Cl)c1. The van der Waals surface area contributed by atoms with Crippen molar-refractivity contribution in [2.24, 2.45) is 0 Å². The van der Waals surface area contributed by atoms with Crippen molar-refractivity contribution in [3.63, 3.8) is 0 Å². The Morgan fingerprint density at radius 3 is 2.83 bits per heavy atom. The predicted octanol–water partition coefficient (Wildman–Crippen LogP) is 5.02. The minimum Gasteiger partial charge on any atom is -0.497 e. The largest absolute Gasteiger partial charge is 0.497 e. The van der Waals surface area contributed by atoms with Crippen molar-refractivity contribution in [2.75, 3.05) is 12.4 Å². The van der Waals surface area contributed by atoms with Crippen LogP contribution in [0.1, 0.15) is 35.6 Å². The highest BCUT2D eigenvalue weighted by atomic mass is 35.5.